The predicted octanol–water partition coefficient (Wildman–Crippen LogP) is 1.79. The number of aromatic nitrogens is 2. The zero-order chi connectivity index (χ0) is 11.3. The third kappa shape index (κ3) is 4.74. The lowest BCUT2D eigenvalue weighted by Crippen LogP contribution is -2.22. The van der Waals surface area contributed by atoms with E-state index in [1.165, 1.54) is 0 Å². The van der Waals surface area contributed by atoms with Crippen LogP contribution in [0.2, 0.25) is 0 Å². The maximum absolute atomic E-state index is 4.32. The standard InChI is InChI=1S/C11H20N4/c1-8(2)12-5-10-6-14-11(7-13-10)15-9(3)4/h6-9,12H,5H2,1-4H3,(H,14,15). The largest absolute Gasteiger partial charge is 0.367 e. The van der Waals surface area contributed by atoms with E-state index in [4.69, 9.17) is 0 Å². The number of hydrogen-bond donors (Lipinski definition) is 2. The molecule has 0 aromatic carbocycles. The highest BCUT2D eigenvalue weighted by molar-refractivity contribution is 5.31. The molecule has 2 N–H and O–H groups in total. The Labute approximate surface area is 91.5 Å². The van der Waals surface area contributed by atoms with Crippen molar-refractivity contribution in [1.29, 1.82) is 0 Å². The minimum Gasteiger partial charge on any atom is -0.367 e. The van der Waals surface area contributed by atoms with Gasteiger partial charge in [-0.2, -0.15) is 0 Å². The minimum atomic E-state index is 0.388. The van der Waals surface area contributed by atoms with Gasteiger partial charge < -0.3 is 10.6 Å². The van der Waals surface area contributed by atoms with Gasteiger partial charge in [0, 0.05) is 18.6 Å². The molecule has 15 heavy (non-hydrogen) atoms. The molecule has 0 amide bonds. The van der Waals surface area contributed by atoms with E-state index in [1.54, 1.807) is 12.4 Å². The van der Waals surface area contributed by atoms with E-state index in [2.05, 4.69) is 48.3 Å². The van der Waals surface area contributed by atoms with Gasteiger partial charge in [-0.3, -0.25) is 4.98 Å². The first kappa shape index (κ1) is 11.9. The zero-order valence-electron chi connectivity index (χ0n) is 9.91. The lowest BCUT2D eigenvalue weighted by molar-refractivity contribution is 0.580. The highest BCUT2D eigenvalue weighted by atomic mass is 15.0. The summed E-state index contributed by atoms with van der Waals surface area (Å²) in [6.07, 6.45) is 3.58. The number of anilines is 1. The molecule has 0 aliphatic heterocycles. The summed E-state index contributed by atoms with van der Waals surface area (Å²) in [6, 6.07) is 0.860. The summed E-state index contributed by atoms with van der Waals surface area (Å²) in [5.41, 5.74) is 0.970. The molecule has 0 saturated heterocycles. The number of hydrogen-bond acceptors (Lipinski definition) is 4. The molecule has 1 heterocycles. The summed E-state index contributed by atoms with van der Waals surface area (Å²) < 4.78 is 0. The Kier molecular flexibility index (Phi) is 4.49. The SMILES string of the molecule is CC(C)NCc1cnc(NC(C)C)cn1. The third-order valence-electron chi connectivity index (χ3n) is 1.83. The Morgan fingerprint density at radius 3 is 2.27 bits per heavy atom. The Hall–Kier alpha value is -1.16. The molecule has 4 nitrogen and oxygen atoms in total. The van der Waals surface area contributed by atoms with Crippen LogP contribution in [0.1, 0.15) is 33.4 Å². The second-order valence-electron chi connectivity index (χ2n) is 4.23. The van der Waals surface area contributed by atoms with Crippen molar-refractivity contribution < 1.29 is 0 Å². The maximum atomic E-state index is 4.32. The van der Waals surface area contributed by atoms with Crippen molar-refractivity contribution in [3.05, 3.63) is 18.1 Å². The summed E-state index contributed by atoms with van der Waals surface area (Å²) in [4.78, 5) is 8.60. The van der Waals surface area contributed by atoms with Gasteiger partial charge in [-0.05, 0) is 13.8 Å². The van der Waals surface area contributed by atoms with Crippen molar-refractivity contribution in [2.75, 3.05) is 5.32 Å². The van der Waals surface area contributed by atoms with Gasteiger partial charge in [0.2, 0.25) is 0 Å². The summed E-state index contributed by atoms with van der Waals surface area (Å²) in [6.45, 7) is 9.16. The molecule has 4 heteroatoms. The van der Waals surface area contributed by atoms with Gasteiger partial charge in [-0.1, -0.05) is 13.8 Å². The van der Waals surface area contributed by atoms with Crippen LogP contribution >= 0.6 is 0 Å². The number of rotatable bonds is 5. The van der Waals surface area contributed by atoms with E-state index < -0.39 is 0 Å². The Morgan fingerprint density at radius 1 is 1.07 bits per heavy atom. The van der Waals surface area contributed by atoms with Crippen LogP contribution in [-0.4, -0.2) is 22.1 Å². The highest BCUT2D eigenvalue weighted by Crippen LogP contribution is 2.02. The average molecular weight is 208 g/mol. The van der Waals surface area contributed by atoms with Gasteiger partial charge in [0.15, 0.2) is 0 Å². The molecular weight excluding hydrogens is 188 g/mol. The monoisotopic (exact) mass is 208 g/mol. The summed E-state index contributed by atoms with van der Waals surface area (Å²) in [7, 11) is 0. The fraction of sp³-hybridized carbons (Fsp3) is 0.636. The second kappa shape index (κ2) is 5.66. The van der Waals surface area contributed by atoms with Crippen LogP contribution in [0.25, 0.3) is 0 Å². The first-order valence-corrected chi connectivity index (χ1v) is 5.38. The molecule has 0 bridgehead atoms. The number of nitrogens with one attached hydrogen (secondary N) is 2. The first-order valence-electron chi connectivity index (χ1n) is 5.38. The molecule has 0 aliphatic rings. The summed E-state index contributed by atoms with van der Waals surface area (Å²) in [5.74, 6) is 0.832. The lowest BCUT2D eigenvalue weighted by Gasteiger charge is -2.10. The minimum absolute atomic E-state index is 0.388. The fourth-order valence-corrected chi connectivity index (χ4v) is 1.13. The van der Waals surface area contributed by atoms with Crippen LogP contribution in [0.3, 0.4) is 0 Å². The van der Waals surface area contributed by atoms with Crippen LogP contribution in [0.5, 0.6) is 0 Å². The van der Waals surface area contributed by atoms with Crippen molar-refractivity contribution in [2.24, 2.45) is 0 Å². The van der Waals surface area contributed by atoms with Gasteiger partial charge in [0.25, 0.3) is 0 Å². The molecule has 1 aromatic heterocycles. The highest BCUT2D eigenvalue weighted by Gasteiger charge is 1.99. The first-order chi connectivity index (χ1) is 7.08. The topological polar surface area (TPSA) is 49.8 Å². The molecule has 0 aliphatic carbocycles. The van der Waals surface area contributed by atoms with E-state index >= 15 is 0 Å². The average Bonchev–Trinajstić information content (AvgIpc) is 2.16. The fourth-order valence-electron chi connectivity index (χ4n) is 1.13. The molecule has 0 fully saturated rings. The van der Waals surface area contributed by atoms with Gasteiger partial charge in [-0.15, -0.1) is 0 Å². The van der Waals surface area contributed by atoms with Crippen LogP contribution in [0.15, 0.2) is 12.4 Å². The Morgan fingerprint density at radius 2 is 1.80 bits per heavy atom. The van der Waals surface area contributed by atoms with Crippen molar-refractivity contribution in [3.63, 3.8) is 0 Å². The molecule has 0 unspecified atom stereocenters. The quantitative estimate of drug-likeness (QED) is 0.774. The van der Waals surface area contributed by atoms with Crippen LogP contribution in [-0.2, 0) is 6.54 Å². The van der Waals surface area contributed by atoms with Gasteiger partial charge in [0.05, 0.1) is 18.1 Å². The van der Waals surface area contributed by atoms with Gasteiger partial charge >= 0.3 is 0 Å². The van der Waals surface area contributed by atoms with E-state index in [0.29, 0.717) is 12.1 Å². The normalized spacial score (nSPS) is 11.1. The van der Waals surface area contributed by atoms with E-state index in [9.17, 15) is 0 Å². The smallest absolute Gasteiger partial charge is 0.144 e. The van der Waals surface area contributed by atoms with Crippen LogP contribution in [0, 0.1) is 0 Å². The Bertz CT molecular complexity index is 279. The van der Waals surface area contributed by atoms with Crippen molar-refractivity contribution in [1.82, 2.24) is 15.3 Å². The summed E-state index contributed by atoms with van der Waals surface area (Å²) >= 11 is 0. The molecular formula is C11H20N4. The van der Waals surface area contributed by atoms with Crippen molar-refractivity contribution in [2.45, 2.75) is 46.3 Å². The van der Waals surface area contributed by atoms with Crippen LogP contribution < -0.4 is 10.6 Å². The second-order valence-corrected chi connectivity index (χ2v) is 4.23. The van der Waals surface area contributed by atoms with Crippen molar-refractivity contribution in [3.8, 4) is 0 Å². The molecule has 0 saturated carbocycles. The molecule has 0 atom stereocenters. The van der Waals surface area contributed by atoms with Gasteiger partial charge in [-0.25, -0.2) is 4.98 Å². The zero-order valence-corrected chi connectivity index (χ0v) is 9.91. The van der Waals surface area contributed by atoms with E-state index in [0.717, 1.165) is 18.1 Å². The molecule has 0 radical (unpaired) electrons. The van der Waals surface area contributed by atoms with E-state index in [1.807, 2.05) is 0 Å². The van der Waals surface area contributed by atoms with Crippen molar-refractivity contribution >= 4 is 5.82 Å². The predicted molar refractivity (Wildman–Crippen MR) is 62.8 cm³/mol. The van der Waals surface area contributed by atoms with Gasteiger partial charge in [0.1, 0.15) is 5.82 Å². The summed E-state index contributed by atoms with van der Waals surface area (Å²) in [5, 5.41) is 6.50. The molecule has 1 aromatic rings. The lowest BCUT2D eigenvalue weighted by atomic mass is 10.3. The molecule has 84 valence electrons. The van der Waals surface area contributed by atoms with E-state index in [-0.39, 0.29) is 0 Å². The third-order valence-corrected chi connectivity index (χ3v) is 1.83. The Balaban J connectivity index is 2.49. The van der Waals surface area contributed by atoms with Crippen LogP contribution in [0.4, 0.5) is 5.82 Å². The number of nitrogens with zero attached hydrogens (tertiary/aromatic N) is 2. The maximum Gasteiger partial charge on any atom is 0.144 e. The molecule has 1 rings (SSSR count). The molecule has 0 spiro atoms.